The van der Waals surface area contributed by atoms with Gasteiger partial charge in [-0.25, -0.2) is 4.98 Å². The zero-order valence-electron chi connectivity index (χ0n) is 11.1. The summed E-state index contributed by atoms with van der Waals surface area (Å²) in [5.74, 6) is -0.129. The second-order valence-electron chi connectivity index (χ2n) is 4.45. The van der Waals surface area contributed by atoms with Crippen LogP contribution >= 0.6 is 22.9 Å². The van der Waals surface area contributed by atoms with Crippen molar-refractivity contribution in [1.82, 2.24) is 10.3 Å². The average molecular weight is 295 g/mol. The molecule has 0 radical (unpaired) electrons. The Labute approximate surface area is 121 Å². The fraction of sp³-hybridized carbons (Fsp3) is 0.286. The van der Waals surface area contributed by atoms with Crippen molar-refractivity contribution in [3.8, 4) is 0 Å². The topological polar surface area (TPSA) is 42.0 Å². The fourth-order valence-electron chi connectivity index (χ4n) is 1.77. The summed E-state index contributed by atoms with van der Waals surface area (Å²) in [5, 5.41) is 3.24. The molecule has 1 N–H and O–H groups in total. The third-order valence-electron chi connectivity index (χ3n) is 2.82. The number of halogens is 1. The van der Waals surface area contributed by atoms with Gasteiger partial charge in [0.05, 0.1) is 6.54 Å². The molecule has 1 amide bonds. The smallest absolute Gasteiger partial charge is 0.251 e. The summed E-state index contributed by atoms with van der Waals surface area (Å²) in [6, 6.07) is 5.41. The number of aryl methyl sites for hydroxylation is 3. The number of carbonyl (C=O) groups is 1. The van der Waals surface area contributed by atoms with Crippen LogP contribution in [0, 0.1) is 20.8 Å². The van der Waals surface area contributed by atoms with Gasteiger partial charge in [-0.15, -0.1) is 11.3 Å². The van der Waals surface area contributed by atoms with Gasteiger partial charge in [0.2, 0.25) is 0 Å². The summed E-state index contributed by atoms with van der Waals surface area (Å²) in [5.41, 5.74) is 2.54. The van der Waals surface area contributed by atoms with E-state index in [9.17, 15) is 4.79 Å². The van der Waals surface area contributed by atoms with E-state index in [1.54, 1.807) is 23.5 Å². The first-order chi connectivity index (χ1) is 8.95. The molecule has 2 aromatic rings. The Morgan fingerprint density at radius 3 is 2.63 bits per heavy atom. The maximum atomic E-state index is 12.0. The summed E-state index contributed by atoms with van der Waals surface area (Å²) in [4.78, 5) is 18.5. The number of nitrogens with one attached hydrogen (secondary N) is 1. The van der Waals surface area contributed by atoms with E-state index in [0.29, 0.717) is 17.3 Å². The Bertz CT molecular complexity index is 582. The first-order valence-electron chi connectivity index (χ1n) is 5.94. The number of nitrogens with zero attached hydrogens (tertiary/aromatic N) is 1. The van der Waals surface area contributed by atoms with Crippen LogP contribution in [0.25, 0.3) is 0 Å². The Balaban J connectivity index is 2.05. The number of pyridine rings is 1. The Hall–Kier alpha value is -1.39. The summed E-state index contributed by atoms with van der Waals surface area (Å²) < 4.78 is 0. The first-order valence-corrected chi connectivity index (χ1v) is 7.13. The van der Waals surface area contributed by atoms with E-state index >= 15 is 0 Å². The van der Waals surface area contributed by atoms with Crippen molar-refractivity contribution in [3.63, 3.8) is 0 Å². The van der Waals surface area contributed by atoms with Crippen molar-refractivity contribution in [2.75, 3.05) is 0 Å². The SMILES string of the molecule is Cc1cc(C(=O)NCc2cc(C)c(C)s2)cc(Cl)n1. The molecule has 2 rings (SSSR count). The van der Waals surface area contributed by atoms with Gasteiger partial charge in [0.25, 0.3) is 5.91 Å². The van der Waals surface area contributed by atoms with Crippen LogP contribution in [-0.4, -0.2) is 10.9 Å². The van der Waals surface area contributed by atoms with E-state index in [4.69, 9.17) is 11.6 Å². The van der Waals surface area contributed by atoms with Gasteiger partial charge in [-0.2, -0.15) is 0 Å². The Kier molecular flexibility index (Phi) is 4.22. The monoisotopic (exact) mass is 294 g/mol. The molecule has 0 bridgehead atoms. The van der Waals surface area contributed by atoms with E-state index in [-0.39, 0.29) is 5.91 Å². The molecule has 0 atom stereocenters. The second kappa shape index (κ2) is 5.72. The van der Waals surface area contributed by atoms with Gasteiger partial charge in [0.1, 0.15) is 5.15 Å². The lowest BCUT2D eigenvalue weighted by atomic mass is 10.2. The van der Waals surface area contributed by atoms with E-state index in [0.717, 1.165) is 10.6 Å². The van der Waals surface area contributed by atoms with Crippen LogP contribution in [0.5, 0.6) is 0 Å². The number of thiophene rings is 1. The standard InChI is InChI=1S/C14H15ClN2OS/c1-8-4-12(19-10(8)3)7-16-14(18)11-5-9(2)17-13(15)6-11/h4-6H,7H2,1-3H3,(H,16,18). The number of hydrogen-bond acceptors (Lipinski definition) is 3. The third-order valence-corrected chi connectivity index (χ3v) is 4.17. The zero-order chi connectivity index (χ0) is 14.0. The molecular weight excluding hydrogens is 280 g/mol. The van der Waals surface area contributed by atoms with Crippen LogP contribution in [-0.2, 0) is 6.54 Å². The van der Waals surface area contributed by atoms with Crippen LogP contribution in [0.1, 0.15) is 31.4 Å². The average Bonchev–Trinajstić information content (AvgIpc) is 2.64. The van der Waals surface area contributed by atoms with E-state index in [1.165, 1.54) is 10.4 Å². The van der Waals surface area contributed by atoms with Gasteiger partial charge in [-0.3, -0.25) is 4.79 Å². The highest BCUT2D eigenvalue weighted by Crippen LogP contribution is 2.20. The number of amides is 1. The van der Waals surface area contributed by atoms with Crippen LogP contribution in [0.4, 0.5) is 0 Å². The number of carbonyl (C=O) groups excluding carboxylic acids is 1. The van der Waals surface area contributed by atoms with Crippen molar-refractivity contribution in [2.24, 2.45) is 0 Å². The molecule has 0 spiro atoms. The minimum Gasteiger partial charge on any atom is -0.347 e. The largest absolute Gasteiger partial charge is 0.347 e. The molecule has 0 saturated carbocycles. The Morgan fingerprint density at radius 1 is 1.32 bits per heavy atom. The minimum absolute atomic E-state index is 0.129. The summed E-state index contributed by atoms with van der Waals surface area (Å²) in [7, 11) is 0. The lowest BCUT2D eigenvalue weighted by Gasteiger charge is -2.05. The van der Waals surface area contributed by atoms with Gasteiger partial charge in [0.15, 0.2) is 0 Å². The highest BCUT2D eigenvalue weighted by atomic mass is 35.5. The molecule has 19 heavy (non-hydrogen) atoms. The van der Waals surface area contributed by atoms with Crippen molar-refractivity contribution < 1.29 is 4.79 Å². The molecule has 0 saturated heterocycles. The number of rotatable bonds is 3. The van der Waals surface area contributed by atoms with Crippen LogP contribution in [0.3, 0.4) is 0 Å². The van der Waals surface area contributed by atoms with Gasteiger partial charge in [-0.05, 0) is 44.5 Å². The predicted molar refractivity (Wildman–Crippen MR) is 78.9 cm³/mol. The molecule has 0 aliphatic rings. The Morgan fingerprint density at radius 2 is 2.05 bits per heavy atom. The molecular formula is C14H15ClN2OS. The second-order valence-corrected chi connectivity index (χ2v) is 6.18. The highest BCUT2D eigenvalue weighted by molar-refractivity contribution is 7.12. The number of aromatic nitrogens is 1. The molecule has 100 valence electrons. The molecule has 0 aromatic carbocycles. The molecule has 2 heterocycles. The van der Waals surface area contributed by atoms with Gasteiger partial charge < -0.3 is 5.32 Å². The van der Waals surface area contributed by atoms with Crippen LogP contribution in [0.2, 0.25) is 5.15 Å². The van der Waals surface area contributed by atoms with E-state index in [1.807, 2.05) is 6.92 Å². The molecule has 2 aromatic heterocycles. The lowest BCUT2D eigenvalue weighted by molar-refractivity contribution is 0.0951. The quantitative estimate of drug-likeness (QED) is 0.878. The number of hydrogen-bond donors (Lipinski definition) is 1. The predicted octanol–water partition coefficient (Wildman–Crippen LogP) is 3.65. The normalized spacial score (nSPS) is 10.5. The van der Waals surface area contributed by atoms with Crippen molar-refractivity contribution in [2.45, 2.75) is 27.3 Å². The zero-order valence-corrected chi connectivity index (χ0v) is 12.7. The molecule has 0 unspecified atom stereocenters. The van der Waals surface area contributed by atoms with Gasteiger partial charge in [0, 0.05) is 21.0 Å². The van der Waals surface area contributed by atoms with E-state index in [2.05, 4.69) is 30.2 Å². The third kappa shape index (κ3) is 3.55. The molecule has 0 aliphatic carbocycles. The lowest BCUT2D eigenvalue weighted by Crippen LogP contribution is -2.22. The van der Waals surface area contributed by atoms with Crippen molar-refractivity contribution in [1.29, 1.82) is 0 Å². The summed E-state index contributed by atoms with van der Waals surface area (Å²) in [6.45, 7) is 6.51. The minimum atomic E-state index is -0.129. The maximum Gasteiger partial charge on any atom is 0.251 e. The maximum absolute atomic E-state index is 12.0. The van der Waals surface area contributed by atoms with Crippen LogP contribution < -0.4 is 5.32 Å². The molecule has 5 heteroatoms. The summed E-state index contributed by atoms with van der Waals surface area (Å²) in [6.07, 6.45) is 0. The van der Waals surface area contributed by atoms with Crippen molar-refractivity contribution >= 4 is 28.8 Å². The van der Waals surface area contributed by atoms with Crippen LogP contribution in [0.15, 0.2) is 18.2 Å². The van der Waals surface area contributed by atoms with Crippen molar-refractivity contribution in [3.05, 3.63) is 49.9 Å². The molecule has 0 fully saturated rings. The summed E-state index contributed by atoms with van der Waals surface area (Å²) >= 11 is 7.55. The van der Waals surface area contributed by atoms with E-state index < -0.39 is 0 Å². The van der Waals surface area contributed by atoms with Gasteiger partial charge in [-0.1, -0.05) is 11.6 Å². The highest BCUT2D eigenvalue weighted by Gasteiger charge is 2.09. The molecule has 0 aliphatic heterocycles. The first kappa shape index (κ1) is 14.0. The fourth-order valence-corrected chi connectivity index (χ4v) is 3.01. The van der Waals surface area contributed by atoms with Gasteiger partial charge >= 0.3 is 0 Å². The molecule has 3 nitrogen and oxygen atoms in total.